The normalized spacial score (nSPS) is 10.4. The first kappa shape index (κ1) is 13.7. The van der Waals surface area contributed by atoms with E-state index in [4.69, 9.17) is 0 Å². The van der Waals surface area contributed by atoms with Crippen molar-refractivity contribution in [3.05, 3.63) is 46.7 Å². The second-order valence-electron chi connectivity index (χ2n) is 4.07. The minimum absolute atomic E-state index is 0.0444. The van der Waals surface area contributed by atoms with Gasteiger partial charge in [-0.1, -0.05) is 34.1 Å². The number of rotatable bonds is 6. The van der Waals surface area contributed by atoms with Crippen LogP contribution in [0.25, 0.3) is 0 Å². The molecule has 0 aliphatic heterocycles. The average molecular weight is 323 g/mol. The van der Waals surface area contributed by atoms with Gasteiger partial charge in [0.2, 0.25) is 5.91 Å². The quantitative estimate of drug-likeness (QED) is 0.882. The van der Waals surface area contributed by atoms with Crippen LogP contribution >= 0.6 is 15.9 Å². The number of amides is 1. The average Bonchev–Trinajstić information content (AvgIpc) is 2.91. The largest absolute Gasteiger partial charge is 0.354 e. The number of aromatic nitrogens is 3. The third kappa shape index (κ3) is 4.48. The summed E-state index contributed by atoms with van der Waals surface area (Å²) in [6, 6.07) is 7.94. The maximum Gasteiger partial charge on any atom is 0.220 e. The van der Waals surface area contributed by atoms with Crippen LogP contribution in [0.2, 0.25) is 0 Å². The van der Waals surface area contributed by atoms with Crippen molar-refractivity contribution in [2.24, 2.45) is 0 Å². The zero-order chi connectivity index (χ0) is 13.5. The summed E-state index contributed by atoms with van der Waals surface area (Å²) in [7, 11) is 0. The second-order valence-corrected chi connectivity index (χ2v) is 4.92. The van der Waals surface area contributed by atoms with Crippen molar-refractivity contribution in [3.8, 4) is 0 Å². The Morgan fingerprint density at radius 1 is 1.26 bits per heavy atom. The maximum atomic E-state index is 11.7. The molecule has 0 atom stereocenters. The topological polar surface area (TPSA) is 59.8 Å². The van der Waals surface area contributed by atoms with E-state index < -0.39 is 0 Å². The van der Waals surface area contributed by atoms with Crippen molar-refractivity contribution < 1.29 is 4.79 Å². The number of aryl methyl sites for hydroxylation is 1. The van der Waals surface area contributed by atoms with Gasteiger partial charge in [0, 0.05) is 17.4 Å². The van der Waals surface area contributed by atoms with Crippen LogP contribution in [0.15, 0.2) is 41.1 Å². The highest BCUT2D eigenvalue weighted by atomic mass is 79.9. The lowest BCUT2D eigenvalue weighted by atomic mass is 10.1. The van der Waals surface area contributed by atoms with Crippen LogP contribution in [-0.2, 0) is 17.8 Å². The molecule has 0 aliphatic rings. The standard InChI is InChI=1S/C13H15BrN4O/c14-12-4-2-1-3-11(12)5-6-13(19)15-9-10-18-16-7-8-17-18/h1-4,7-8H,5-6,9-10H2,(H,15,19). The fraction of sp³-hybridized carbons (Fsp3) is 0.308. The van der Waals surface area contributed by atoms with Gasteiger partial charge in [0.1, 0.15) is 0 Å². The molecule has 0 spiro atoms. The van der Waals surface area contributed by atoms with Crippen LogP contribution in [0.5, 0.6) is 0 Å². The van der Waals surface area contributed by atoms with Gasteiger partial charge >= 0.3 is 0 Å². The molecular formula is C13H15BrN4O. The van der Waals surface area contributed by atoms with Gasteiger partial charge in [-0.25, -0.2) is 0 Å². The highest BCUT2D eigenvalue weighted by molar-refractivity contribution is 9.10. The molecule has 0 unspecified atom stereocenters. The first-order valence-corrected chi connectivity index (χ1v) is 6.89. The molecule has 2 aromatic rings. The van der Waals surface area contributed by atoms with E-state index in [2.05, 4.69) is 31.4 Å². The lowest BCUT2D eigenvalue weighted by Crippen LogP contribution is -2.28. The van der Waals surface area contributed by atoms with E-state index in [0.717, 1.165) is 16.5 Å². The minimum atomic E-state index is 0.0444. The van der Waals surface area contributed by atoms with Crippen molar-refractivity contribution >= 4 is 21.8 Å². The van der Waals surface area contributed by atoms with E-state index in [1.54, 1.807) is 17.2 Å². The van der Waals surface area contributed by atoms with E-state index in [9.17, 15) is 4.79 Å². The Morgan fingerprint density at radius 2 is 2.00 bits per heavy atom. The van der Waals surface area contributed by atoms with Crippen LogP contribution in [-0.4, -0.2) is 27.4 Å². The summed E-state index contributed by atoms with van der Waals surface area (Å²) < 4.78 is 1.04. The smallest absolute Gasteiger partial charge is 0.220 e. The molecule has 0 saturated heterocycles. The third-order valence-electron chi connectivity index (χ3n) is 2.68. The molecule has 0 saturated carbocycles. The van der Waals surface area contributed by atoms with E-state index in [-0.39, 0.29) is 5.91 Å². The van der Waals surface area contributed by atoms with Gasteiger partial charge in [-0.05, 0) is 18.1 Å². The van der Waals surface area contributed by atoms with Crippen LogP contribution in [0.4, 0.5) is 0 Å². The molecule has 1 aromatic carbocycles. The van der Waals surface area contributed by atoms with E-state index in [0.29, 0.717) is 19.5 Å². The molecule has 1 N–H and O–H groups in total. The van der Waals surface area contributed by atoms with Gasteiger partial charge in [-0.2, -0.15) is 15.0 Å². The lowest BCUT2D eigenvalue weighted by molar-refractivity contribution is -0.121. The molecule has 2 rings (SSSR count). The fourth-order valence-electron chi connectivity index (χ4n) is 1.69. The third-order valence-corrected chi connectivity index (χ3v) is 3.45. The molecular weight excluding hydrogens is 308 g/mol. The summed E-state index contributed by atoms with van der Waals surface area (Å²) >= 11 is 3.47. The summed E-state index contributed by atoms with van der Waals surface area (Å²) in [5.74, 6) is 0.0444. The molecule has 0 radical (unpaired) electrons. The van der Waals surface area contributed by atoms with Crippen LogP contribution in [0, 0.1) is 0 Å². The minimum Gasteiger partial charge on any atom is -0.354 e. The molecule has 1 aromatic heterocycles. The second kappa shape index (κ2) is 7.04. The molecule has 100 valence electrons. The van der Waals surface area contributed by atoms with Gasteiger partial charge in [0.05, 0.1) is 18.9 Å². The zero-order valence-corrected chi connectivity index (χ0v) is 12.0. The zero-order valence-electron chi connectivity index (χ0n) is 10.4. The van der Waals surface area contributed by atoms with Crippen LogP contribution < -0.4 is 5.32 Å². The number of carbonyl (C=O) groups is 1. The van der Waals surface area contributed by atoms with Crippen molar-refractivity contribution in [2.75, 3.05) is 6.54 Å². The number of benzene rings is 1. The summed E-state index contributed by atoms with van der Waals surface area (Å²) in [6.45, 7) is 1.14. The molecule has 1 amide bonds. The first-order chi connectivity index (χ1) is 9.25. The summed E-state index contributed by atoms with van der Waals surface area (Å²) in [5.41, 5.74) is 1.14. The SMILES string of the molecule is O=C(CCc1ccccc1Br)NCCn1nccn1. The van der Waals surface area contributed by atoms with Crippen LogP contribution in [0.3, 0.4) is 0 Å². The van der Waals surface area contributed by atoms with Crippen LogP contribution in [0.1, 0.15) is 12.0 Å². The first-order valence-electron chi connectivity index (χ1n) is 6.10. The van der Waals surface area contributed by atoms with E-state index in [1.165, 1.54) is 0 Å². The molecule has 0 aliphatic carbocycles. The fourth-order valence-corrected chi connectivity index (χ4v) is 2.17. The Kier molecular flexibility index (Phi) is 5.09. The predicted molar refractivity (Wildman–Crippen MR) is 75.5 cm³/mol. The van der Waals surface area contributed by atoms with Gasteiger partial charge in [-0.3, -0.25) is 4.79 Å². The number of carbonyl (C=O) groups excluding carboxylic acids is 1. The Morgan fingerprint density at radius 3 is 2.74 bits per heavy atom. The molecule has 0 bridgehead atoms. The Bertz CT molecular complexity index is 527. The summed E-state index contributed by atoms with van der Waals surface area (Å²) in [5, 5.41) is 10.8. The van der Waals surface area contributed by atoms with E-state index in [1.807, 2.05) is 24.3 Å². The van der Waals surface area contributed by atoms with E-state index >= 15 is 0 Å². The molecule has 1 heterocycles. The number of nitrogens with one attached hydrogen (secondary N) is 1. The van der Waals surface area contributed by atoms with Crippen molar-refractivity contribution in [1.29, 1.82) is 0 Å². The molecule has 0 fully saturated rings. The summed E-state index contributed by atoms with van der Waals surface area (Å²) in [6.07, 6.45) is 4.45. The monoisotopic (exact) mass is 322 g/mol. The van der Waals surface area contributed by atoms with Gasteiger partial charge in [0.15, 0.2) is 0 Å². The molecule has 19 heavy (non-hydrogen) atoms. The van der Waals surface area contributed by atoms with Crippen molar-refractivity contribution in [2.45, 2.75) is 19.4 Å². The molecule has 6 heteroatoms. The molecule has 5 nitrogen and oxygen atoms in total. The highest BCUT2D eigenvalue weighted by Gasteiger charge is 2.04. The van der Waals surface area contributed by atoms with Gasteiger partial charge < -0.3 is 5.32 Å². The summed E-state index contributed by atoms with van der Waals surface area (Å²) in [4.78, 5) is 13.2. The predicted octanol–water partition coefficient (Wildman–Crippen LogP) is 1.79. The maximum absolute atomic E-state index is 11.7. The van der Waals surface area contributed by atoms with Crippen molar-refractivity contribution in [1.82, 2.24) is 20.3 Å². The van der Waals surface area contributed by atoms with Crippen molar-refractivity contribution in [3.63, 3.8) is 0 Å². The Hall–Kier alpha value is -1.69. The number of halogens is 1. The number of hydrogen-bond acceptors (Lipinski definition) is 3. The number of nitrogens with zero attached hydrogens (tertiary/aromatic N) is 3. The Balaban J connectivity index is 1.69. The lowest BCUT2D eigenvalue weighted by Gasteiger charge is -2.06. The van der Waals surface area contributed by atoms with Gasteiger partial charge in [0.25, 0.3) is 0 Å². The Labute approximate surface area is 120 Å². The number of hydrogen-bond donors (Lipinski definition) is 1. The highest BCUT2D eigenvalue weighted by Crippen LogP contribution is 2.17. The van der Waals surface area contributed by atoms with Gasteiger partial charge in [-0.15, -0.1) is 0 Å².